The van der Waals surface area contributed by atoms with Crippen LogP contribution in [0.1, 0.15) is 19.4 Å². The van der Waals surface area contributed by atoms with E-state index in [1.54, 1.807) is 6.07 Å². The first-order valence-electron chi connectivity index (χ1n) is 6.35. The number of hydrogen-bond donors (Lipinski definition) is 2. The highest BCUT2D eigenvalue weighted by atomic mass is 35.5. The van der Waals surface area contributed by atoms with Crippen molar-refractivity contribution in [2.24, 2.45) is 0 Å². The van der Waals surface area contributed by atoms with Crippen LogP contribution < -0.4 is 5.32 Å². The highest BCUT2D eigenvalue weighted by molar-refractivity contribution is 6.30. The maximum Gasteiger partial charge on any atom is 0.322 e. The van der Waals surface area contributed by atoms with Crippen LogP contribution in [-0.2, 0) is 16.1 Å². The van der Waals surface area contributed by atoms with Gasteiger partial charge in [0.1, 0.15) is 6.54 Å². The molecule has 1 amide bonds. The minimum atomic E-state index is -1.05. The van der Waals surface area contributed by atoms with E-state index >= 15 is 0 Å². The third-order valence-corrected chi connectivity index (χ3v) is 3.02. The Hall–Kier alpha value is -1.59. The lowest BCUT2D eigenvalue weighted by molar-refractivity contribution is -0.138. The zero-order valence-corrected chi connectivity index (χ0v) is 12.4. The van der Waals surface area contributed by atoms with Gasteiger partial charge >= 0.3 is 5.97 Å². The second-order valence-electron chi connectivity index (χ2n) is 4.80. The first-order chi connectivity index (χ1) is 9.38. The Balaban J connectivity index is 2.61. The summed E-state index contributed by atoms with van der Waals surface area (Å²) in [5.41, 5.74) is 1.01. The van der Waals surface area contributed by atoms with Crippen molar-refractivity contribution in [3.8, 4) is 0 Å². The van der Waals surface area contributed by atoms with Gasteiger partial charge in [-0.25, -0.2) is 0 Å². The van der Waals surface area contributed by atoms with E-state index < -0.39 is 5.97 Å². The van der Waals surface area contributed by atoms with Crippen LogP contribution in [0.3, 0.4) is 0 Å². The number of carboxylic acids is 1. The summed E-state index contributed by atoms with van der Waals surface area (Å²) in [4.78, 5) is 24.0. The number of nitrogens with zero attached hydrogens (tertiary/aromatic N) is 1. The zero-order valence-electron chi connectivity index (χ0n) is 11.6. The Kier molecular flexibility index (Phi) is 6.48. The number of nitrogens with one attached hydrogen (secondary N) is 1. The Morgan fingerprint density at radius 2 is 2.10 bits per heavy atom. The Bertz CT molecular complexity index is 477. The van der Waals surface area contributed by atoms with E-state index in [1.165, 1.54) is 0 Å². The van der Waals surface area contributed by atoms with E-state index in [4.69, 9.17) is 16.7 Å². The topological polar surface area (TPSA) is 69.6 Å². The summed E-state index contributed by atoms with van der Waals surface area (Å²) in [6.45, 7) is 4.34. The van der Waals surface area contributed by atoms with E-state index in [2.05, 4.69) is 5.32 Å². The molecule has 20 heavy (non-hydrogen) atoms. The third-order valence-electron chi connectivity index (χ3n) is 2.79. The number of carbonyl (C=O) groups excluding carboxylic acids is 1. The number of rotatable bonds is 7. The smallest absolute Gasteiger partial charge is 0.322 e. The third kappa shape index (κ3) is 6.04. The highest BCUT2D eigenvalue weighted by Crippen LogP contribution is 2.13. The fourth-order valence-corrected chi connectivity index (χ4v) is 1.92. The predicted molar refractivity (Wildman–Crippen MR) is 77.6 cm³/mol. The molecule has 0 aliphatic carbocycles. The quantitative estimate of drug-likeness (QED) is 0.804. The maximum absolute atomic E-state index is 11.7. The van der Waals surface area contributed by atoms with Crippen molar-refractivity contribution >= 4 is 23.5 Å². The van der Waals surface area contributed by atoms with Crippen molar-refractivity contribution in [1.82, 2.24) is 10.2 Å². The Morgan fingerprint density at radius 3 is 2.65 bits per heavy atom. The van der Waals surface area contributed by atoms with Gasteiger partial charge in [-0.3, -0.25) is 14.5 Å². The molecule has 0 saturated carbocycles. The number of carbonyl (C=O) groups is 2. The standard InChI is InChI=1S/C14H19ClN2O3/c1-10(2)17(9-13(18)16-7-14(19)20)8-11-4-3-5-12(15)6-11/h3-6,10H,7-9H2,1-2H3,(H,16,18)(H,19,20). The molecule has 5 nitrogen and oxygen atoms in total. The molecule has 0 unspecified atom stereocenters. The lowest BCUT2D eigenvalue weighted by Gasteiger charge is -2.25. The van der Waals surface area contributed by atoms with Crippen LogP contribution in [0.25, 0.3) is 0 Å². The van der Waals surface area contributed by atoms with E-state index in [9.17, 15) is 9.59 Å². The summed E-state index contributed by atoms with van der Waals surface area (Å²) >= 11 is 5.94. The number of halogens is 1. The van der Waals surface area contributed by atoms with Crippen LogP contribution in [0.5, 0.6) is 0 Å². The van der Waals surface area contributed by atoms with Crippen LogP contribution in [0.2, 0.25) is 5.02 Å². The Labute approximate surface area is 123 Å². The van der Waals surface area contributed by atoms with Gasteiger partial charge in [0.2, 0.25) is 5.91 Å². The molecule has 0 saturated heterocycles. The predicted octanol–water partition coefficient (Wildman–Crippen LogP) is 1.75. The molecule has 2 N–H and O–H groups in total. The van der Waals surface area contributed by atoms with Crippen molar-refractivity contribution in [3.05, 3.63) is 34.9 Å². The summed E-state index contributed by atoms with van der Waals surface area (Å²) < 4.78 is 0. The molecule has 1 aromatic carbocycles. The average molecular weight is 299 g/mol. The number of benzene rings is 1. The summed E-state index contributed by atoms with van der Waals surface area (Å²) in [5.74, 6) is -1.35. The molecular weight excluding hydrogens is 280 g/mol. The summed E-state index contributed by atoms with van der Waals surface area (Å²) in [5, 5.41) is 11.5. The molecule has 1 rings (SSSR count). The number of hydrogen-bond acceptors (Lipinski definition) is 3. The molecular formula is C14H19ClN2O3. The Morgan fingerprint density at radius 1 is 1.40 bits per heavy atom. The number of amides is 1. The van der Waals surface area contributed by atoms with Gasteiger partial charge in [0, 0.05) is 17.6 Å². The van der Waals surface area contributed by atoms with Gasteiger partial charge in [0.25, 0.3) is 0 Å². The van der Waals surface area contributed by atoms with Gasteiger partial charge < -0.3 is 10.4 Å². The molecule has 0 atom stereocenters. The molecule has 0 bridgehead atoms. The molecule has 0 spiro atoms. The average Bonchev–Trinajstić information content (AvgIpc) is 2.35. The van der Waals surface area contributed by atoms with Crippen molar-refractivity contribution in [3.63, 3.8) is 0 Å². The largest absolute Gasteiger partial charge is 0.480 e. The highest BCUT2D eigenvalue weighted by Gasteiger charge is 2.15. The molecule has 0 aliphatic heterocycles. The molecule has 0 fully saturated rings. The monoisotopic (exact) mass is 298 g/mol. The molecule has 1 aromatic rings. The van der Waals surface area contributed by atoms with Gasteiger partial charge in [-0.1, -0.05) is 23.7 Å². The van der Waals surface area contributed by atoms with Crippen LogP contribution >= 0.6 is 11.6 Å². The molecule has 110 valence electrons. The summed E-state index contributed by atoms with van der Waals surface area (Å²) in [6, 6.07) is 7.61. The summed E-state index contributed by atoms with van der Waals surface area (Å²) in [6.07, 6.45) is 0. The SMILES string of the molecule is CC(C)N(CC(=O)NCC(=O)O)Cc1cccc(Cl)c1. The van der Waals surface area contributed by atoms with Crippen molar-refractivity contribution in [1.29, 1.82) is 0 Å². The lowest BCUT2D eigenvalue weighted by atomic mass is 10.2. The van der Waals surface area contributed by atoms with Gasteiger partial charge in [0.05, 0.1) is 6.54 Å². The number of aliphatic carboxylic acids is 1. The minimum absolute atomic E-state index is 0.150. The van der Waals surface area contributed by atoms with Gasteiger partial charge in [-0.15, -0.1) is 0 Å². The molecule has 0 heterocycles. The van der Waals surface area contributed by atoms with Crippen LogP contribution in [0, 0.1) is 0 Å². The fourth-order valence-electron chi connectivity index (χ4n) is 1.71. The van der Waals surface area contributed by atoms with Crippen molar-refractivity contribution < 1.29 is 14.7 Å². The zero-order chi connectivity index (χ0) is 15.1. The van der Waals surface area contributed by atoms with E-state index in [0.717, 1.165) is 5.56 Å². The van der Waals surface area contributed by atoms with E-state index in [-0.39, 0.29) is 25.0 Å². The van der Waals surface area contributed by atoms with Gasteiger partial charge in [-0.2, -0.15) is 0 Å². The second kappa shape index (κ2) is 7.87. The number of carboxylic acid groups (broad SMARTS) is 1. The lowest BCUT2D eigenvalue weighted by Crippen LogP contribution is -2.41. The van der Waals surface area contributed by atoms with E-state index in [0.29, 0.717) is 11.6 Å². The first kappa shape index (κ1) is 16.5. The molecule has 6 heteroatoms. The molecule has 0 aromatic heterocycles. The van der Waals surface area contributed by atoms with Crippen LogP contribution in [-0.4, -0.2) is 41.0 Å². The van der Waals surface area contributed by atoms with Crippen LogP contribution in [0.4, 0.5) is 0 Å². The second-order valence-corrected chi connectivity index (χ2v) is 5.24. The van der Waals surface area contributed by atoms with Crippen molar-refractivity contribution in [2.75, 3.05) is 13.1 Å². The van der Waals surface area contributed by atoms with Gasteiger partial charge in [0.15, 0.2) is 0 Å². The van der Waals surface area contributed by atoms with E-state index in [1.807, 2.05) is 36.9 Å². The minimum Gasteiger partial charge on any atom is -0.480 e. The summed E-state index contributed by atoms with van der Waals surface area (Å²) in [7, 11) is 0. The normalized spacial score (nSPS) is 10.8. The molecule has 0 radical (unpaired) electrons. The maximum atomic E-state index is 11.7. The fraction of sp³-hybridized carbons (Fsp3) is 0.429. The molecule has 0 aliphatic rings. The van der Waals surface area contributed by atoms with Crippen LogP contribution in [0.15, 0.2) is 24.3 Å². The first-order valence-corrected chi connectivity index (χ1v) is 6.73. The van der Waals surface area contributed by atoms with Crippen molar-refractivity contribution in [2.45, 2.75) is 26.4 Å². The van der Waals surface area contributed by atoms with Gasteiger partial charge in [-0.05, 0) is 31.5 Å².